The van der Waals surface area contributed by atoms with Gasteiger partial charge in [0.1, 0.15) is 11.5 Å². The van der Waals surface area contributed by atoms with Crippen molar-refractivity contribution in [1.29, 1.82) is 0 Å². The van der Waals surface area contributed by atoms with E-state index in [2.05, 4.69) is 4.98 Å². The molecule has 0 bridgehead atoms. The fourth-order valence-corrected chi connectivity index (χ4v) is 2.04. The molecule has 2 aromatic heterocycles. The molecule has 3 aromatic rings. The molecule has 1 aromatic carbocycles. The third kappa shape index (κ3) is 1.54. The summed E-state index contributed by atoms with van der Waals surface area (Å²) in [6.45, 7) is 0. The first-order valence-electron chi connectivity index (χ1n) is 5.75. The smallest absolute Gasteiger partial charge is 0.259 e. The highest BCUT2D eigenvalue weighted by Crippen LogP contribution is 2.18. The van der Waals surface area contributed by atoms with Gasteiger partial charge in [0, 0.05) is 31.7 Å². The average molecular weight is 239 g/mol. The van der Waals surface area contributed by atoms with Crippen LogP contribution in [-0.4, -0.2) is 23.5 Å². The van der Waals surface area contributed by atoms with Gasteiger partial charge >= 0.3 is 0 Å². The molecule has 0 amide bonds. The van der Waals surface area contributed by atoms with Gasteiger partial charge < -0.3 is 4.90 Å². The van der Waals surface area contributed by atoms with E-state index >= 15 is 0 Å². The predicted octanol–water partition coefficient (Wildman–Crippen LogP) is 1.91. The first kappa shape index (κ1) is 10.8. The van der Waals surface area contributed by atoms with Crippen LogP contribution in [-0.2, 0) is 0 Å². The molecule has 0 saturated carbocycles. The molecule has 0 atom stereocenters. The zero-order chi connectivity index (χ0) is 12.7. The summed E-state index contributed by atoms with van der Waals surface area (Å²) in [5.41, 5.74) is 0.638. The van der Waals surface area contributed by atoms with E-state index < -0.39 is 0 Å². The summed E-state index contributed by atoms with van der Waals surface area (Å²) < 4.78 is 1.58. The summed E-state index contributed by atoms with van der Waals surface area (Å²) in [6, 6.07) is 11.4. The van der Waals surface area contributed by atoms with Gasteiger partial charge in [-0.25, -0.2) is 4.98 Å². The van der Waals surface area contributed by atoms with Crippen molar-refractivity contribution in [2.75, 3.05) is 19.0 Å². The van der Waals surface area contributed by atoms with Gasteiger partial charge in [0.05, 0.1) is 0 Å². The third-order valence-corrected chi connectivity index (χ3v) is 3.00. The lowest BCUT2D eigenvalue weighted by molar-refractivity contribution is 1.00. The van der Waals surface area contributed by atoms with E-state index in [-0.39, 0.29) is 5.56 Å². The van der Waals surface area contributed by atoms with Crippen LogP contribution in [0.1, 0.15) is 0 Å². The Kier molecular flexibility index (Phi) is 2.30. The lowest BCUT2D eigenvalue weighted by Gasteiger charge is -2.12. The minimum atomic E-state index is -0.0607. The van der Waals surface area contributed by atoms with Crippen LogP contribution in [0.2, 0.25) is 0 Å². The number of rotatable bonds is 1. The van der Waals surface area contributed by atoms with Gasteiger partial charge in [0.25, 0.3) is 5.56 Å². The molecule has 0 saturated heterocycles. The summed E-state index contributed by atoms with van der Waals surface area (Å²) >= 11 is 0. The first-order chi connectivity index (χ1) is 8.66. The molecular weight excluding hydrogens is 226 g/mol. The molecule has 2 heterocycles. The maximum absolute atomic E-state index is 12.0. The standard InChI is InChI=1S/C14H13N3O/c1-16(2)12-9-13(18)17-8-7-10-5-3-4-6-11(10)14(17)15-12/h3-9H,1-2H3. The number of anilines is 1. The van der Waals surface area contributed by atoms with Crippen LogP contribution < -0.4 is 10.5 Å². The third-order valence-electron chi connectivity index (χ3n) is 3.00. The Hall–Kier alpha value is -2.36. The fraction of sp³-hybridized carbons (Fsp3) is 0.143. The van der Waals surface area contributed by atoms with Crippen LogP contribution in [0.5, 0.6) is 0 Å². The Labute approximate surface area is 104 Å². The second kappa shape index (κ2) is 3.84. The Bertz CT molecular complexity index is 790. The highest BCUT2D eigenvalue weighted by Gasteiger charge is 2.06. The molecule has 0 aliphatic rings. The summed E-state index contributed by atoms with van der Waals surface area (Å²) in [5, 5.41) is 2.07. The van der Waals surface area contributed by atoms with Gasteiger partial charge in [-0.2, -0.15) is 0 Å². The maximum atomic E-state index is 12.0. The summed E-state index contributed by atoms with van der Waals surface area (Å²) in [7, 11) is 3.76. The maximum Gasteiger partial charge on any atom is 0.259 e. The van der Waals surface area contributed by atoms with Crippen molar-refractivity contribution < 1.29 is 0 Å². The van der Waals surface area contributed by atoms with Crippen molar-refractivity contribution >= 4 is 22.2 Å². The number of hydrogen-bond donors (Lipinski definition) is 0. The van der Waals surface area contributed by atoms with Crippen molar-refractivity contribution in [3.05, 3.63) is 52.9 Å². The van der Waals surface area contributed by atoms with E-state index in [4.69, 9.17) is 0 Å². The predicted molar refractivity (Wildman–Crippen MR) is 73.3 cm³/mol. The summed E-state index contributed by atoms with van der Waals surface area (Å²) in [5.74, 6) is 0.677. The van der Waals surface area contributed by atoms with Gasteiger partial charge in [-0.05, 0) is 11.5 Å². The topological polar surface area (TPSA) is 37.6 Å². The minimum Gasteiger partial charge on any atom is -0.363 e. The normalized spacial score (nSPS) is 11.0. The lowest BCUT2D eigenvalue weighted by Crippen LogP contribution is -2.19. The van der Waals surface area contributed by atoms with Crippen molar-refractivity contribution in [1.82, 2.24) is 9.38 Å². The molecular formula is C14H13N3O. The van der Waals surface area contributed by atoms with E-state index in [1.807, 2.05) is 49.3 Å². The molecule has 0 fully saturated rings. The van der Waals surface area contributed by atoms with E-state index in [1.54, 1.807) is 16.7 Å². The zero-order valence-corrected chi connectivity index (χ0v) is 10.3. The SMILES string of the molecule is CN(C)c1cc(=O)n2ccc3ccccc3c2n1. The summed E-state index contributed by atoms with van der Waals surface area (Å²) in [6.07, 6.45) is 1.77. The Morgan fingerprint density at radius 1 is 1.17 bits per heavy atom. The van der Waals surface area contributed by atoms with Crippen LogP contribution in [0, 0.1) is 0 Å². The van der Waals surface area contributed by atoms with Crippen molar-refractivity contribution in [3.8, 4) is 0 Å². The molecule has 0 spiro atoms. The van der Waals surface area contributed by atoms with Gasteiger partial charge in [0.2, 0.25) is 0 Å². The number of fused-ring (bicyclic) bond motifs is 3. The fourth-order valence-electron chi connectivity index (χ4n) is 2.04. The molecule has 3 rings (SSSR count). The van der Waals surface area contributed by atoms with Gasteiger partial charge in [-0.15, -0.1) is 0 Å². The zero-order valence-electron chi connectivity index (χ0n) is 10.3. The van der Waals surface area contributed by atoms with Crippen LogP contribution in [0.3, 0.4) is 0 Å². The quantitative estimate of drug-likeness (QED) is 0.609. The molecule has 4 heteroatoms. The van der Waals surface area contributed by atoms with Crippen LogP contribution in [0.4, 0.5) is 5.82 Å². The lowest BCUT2D eigenvalue weighted by atomic mass is 10.2. The second-order valence-electron chi connectivity index (χ2n) is 4.44. The Balaban J connectivity index is 2.52. The van der Waals surface area contributed by atoms with E-state index in [1.165, 1.54) is 0 Å². The number of hydrogen-bond acceptors (Lipinski definition) is 3. The molecule has 0 aliphatic heterocycles. The molecule has 0 unspecified atom stereocenters. The molecule has 0 aliphatic carbocycles. The number of aromatic nitrogens is 2. The van der Waals surface area contributed by atoms with Crippen molar-refractivity contribution in [3.63, 3.8) is 0 Å². The molecule has 0 N–H and O–H groups in total. The summed E-state index contributed by atoms with van der Waals surface area (Å²) in [4.78, 5) is 18.4. The highest BCUT2D eigenvalue weighted by atomic mass is 16.1. The number of pyridine rings is 1. The van der Waals surface area contributed by atoms with Crippen molar-refractivity contribution in [2.45, 2.75) is 0 Å². The first-order valence-corrected chi connectivity index (χ1v) is 5.75. The van der Waals surface area contributed by atoms with Crippen LogP contribution in [0.25, 0.3) is 16.4 Å². The van der Waals surface area contributed by atoms with E-state index in [9.17, 15) is 4.79 Å². The van der Waals surface area contributed by atoms with Crippen LogP contribution in [0.15, 0.2) is 47.4 Å². The van der Waals surface area contributed by atoms with Gasteiger partial charge in [-0.1, -0.05) is 24.3 Å². The minimum absolute atomic E-state index is 0.0607. The van der Waals surface area contributed by atoms with Gasteiger partial charge in [0.15, 0.2) is 0 Å². The molecule has 18 heavy (non-hydrogen) atoms. The second-order valence-corrected chi connectivity index (χ2v) is 4.44. The molecule has 90 valence electrons. The molecule has 4 nitrogen and oxygen atoms in total. The largest absolute Gasteiger partial charge is 0.363 e. The molecule has 0 radical (unpaired) electrons. The van der Waals surface area contributed by atoms with E-state index in [0.29, 0.717) is 11.5 Å². The monoisotopic (exact) mass is 239 g/mol. The average Bonchev–Trinajstić information content (AvgIpc) is 2.38. The van der Waals surface area contributed by atoms with E-state index in [0.717, 1.165) is 10.8 Å². The van der Waals surface area contributed by atoms with Gasteiger partial charge in [-0.3, -0.25) is 9.20 Å². The number of benzene rings is 1. The van der Waals surface area contributed by atoms with Crippen LogP contribution >= 0.6 is 0 Å². The number of nitrogens with zero attached hydrogens (tertiary/aromatic N) is 3. The Morgan fingerprint density at radius 3 is 2.72 bits per heavy atom. The highest BCUT2D eigenvalue weighted by molar-refractivity contribution is 5.93. The van der Waals surface area contributed by atoms with Crippen molar-refractivity contribution in [2.24, 2.45) is 0 Å². The Morgan fingerprint density at radius 2 is 1.94 bits per heavy atom.